The highest BCUT2D eigenvalue weighted by atomic mass is 32.1. The minimum absolute atomic E-state index is 0.455. The van der Waals surface area contributed by atoms with Gasteiger partial charge in [-0.2, -0.15) is 0 Å². The van der Waals surface area contributed by atoms with E-state index in [-0.39, 0.29) is 0 Å². The number of ether oxygens (including phenoxy) is 2. The van der Waals surface area contributed by atoms with Crippen LogP contribution in [0.4, 0.5) is 0 Å². The topological polar surface area (TPSA) is 101 Å². The van der Waals surface area contributed by atoms with Gasteiger partial charge in [0.05, 0.1) is 12.2 Å². The summed E-state index contributed by atoms with van der Waals surface area (Å²) in [6.07, 6.45) is 4.40. The standard InChI is InChI=1S/C30H31N5O4S/c1-20-19-25(30(36)39-35-27-11-7-6-10-26(27)31-34-35)21(2)18-24(20)29-33-32-28(40-29)22-12-14-23(15-13-22)38-17-9-5-4-8-16-37-3/h6-7,10-15,18-19H,4-5,8-9,16-17H2,1-3H3. The molecule has 0 radical (unpaired) electrons. The number of unbranched alkanes of at least 4 members (excludes halogenated alkanes) is 3. The molecule has 5 aromatic rings. The van der Waals surface area contributed by atoms with Crippen molar-refractivity contribution >= 4 is 28.3 Å². The lowest BCUT2D eigenvalue weighted by Crippen LogP contribution is -2.22. The predicted octanol–water partition coefficient (Wildman–Crippen LogP) is 6.09. The molecule has 0 atom stereocenters. The van der Waals surface area contributed by atoms with Gasteiger partial charge < -0.3 is 14.3 Å². The van der Waals surface area contributed by atoms with Crippen LogP contribution in [0, 0.1) is 13.8 Å². The van der Waals surface area contributed by atoms with E-state index in [4.69, 9.17) is 14.3 Å². The first-order chi connectivity index (χ1) is 19.5. The van der Waals surface area contributed by atoms with Crippen molar-refractivity contribution in [2.75, 3.05) is 20.3 Å². The molecule has 0 saturated heterocycles. The van der Waals surface area contributed by atoms with Gasteiger partial charge in [-0.3, -0.25) is 0 Å². The van der Waals surface area contributed by atoms with E-state index in [9.17, 15) is 4.79 Å². The molecule has 0 bridgehead atoms. The van der Waals surface area contributed by atoms with Gasteiger partial charge in [0.1, 0.15) is 26.8 Å². The molecule has 0 N–H and O–H groups in total. The Morgan fingerprint density at radius 1 is 0.850 bits per heavy atom. The van der Waals surface area contributed by atoms with Gasteiger partial charge >= 0.3 is 5.97 Å². The Balaban J connectivity index is 1.23. The van der Waals surface area contributed by atoms with E-state index in [1.165, 1.54) is 11.3 Å². The van der Waals surface area contributed by atoms with Crippen LogP contribution < -0.4 is 9.57 Å². The number of para-hydroxylation sites is 1. The Morgan fingerprint density at radius 2 is 1.60 bits per heavy atom. The first kappa shape index (κ1) is 27.4. The molecule has 3 aromatic carbocycles. The van der Waals surface area contributed by atoms with E-state index in [1.54, 1.807) is 13.2 Å². The molecule has 0 unspecified atom stereocenters. The van der Waals surface area contributed by atoms with Gasteiger partial charge in [0.15, 0.2) is 0 Å². The van der Waals surface area contributed by atoms with Crippen LogP contribution >= 0.6 is 11.3 Å². The lowest BCUT2D eigenvalue weighted by molar-refractivity contribution is 0.0408. The summed E-state index contributed by atoms with van der Waals surface area (Å²) in [6, 6.07) is 19.0. The summed E-state index contributed by atoms with van der Waals surface area (Å²) >= 11 is 1.51. The van der Waals surface area contributed by atoms with E-state index < -0.39 is 5.97 Å². The number of rotatable bonds is 12. The molecule has 2 aromatic heterocycles. The third kappa shape index (κ3) is 6.35. The summed E-state index contributed by atoms with van der Waals surface area (Å²) in [4.78, 5) is 19.7. The molecule has 2 heterocycles. The highest BCUT2D eigenvalue weighted by molar-refractivity contribution is 7.17. The summed E-state index contributed by atoms with van der Waals surface area (Å²) in [7, 11) is 1.73. The molecular formula is C30H31N5O4S. The van der Waals surface area contributed by atoms with E-state index in [0.29, 0.717) is 23.2 Å². The smallest absolute Gasteiger partial charge is 0.366 e. The third-order valence-corrected chi connectivity index (χ3v) is 7.56. The fourth-order valence-corrected chi connectivity index (χ4v) is 5.27. The van der Waals surface area contributed by atoms with E-state index in [0.717, 1.165) is 75.2 Å². The summed E-state index contributed by atoms with van der Waals surface area (Å²) in [6.45, 7) is 5.34. The maximum absolute atomic E-state index is 13.0. The largest absolute Gasteiger partial charge is 0.494 e. The summed E-state index contributed by atoms with van der Waals surface area (Å²) < 4.78 is 11.0. The Morgan fingerprint density at radius 3 is 2.40 bits per heavy atom. The lowest BCUT2D eigenvalue weighted by atomic mass is 10.0. The Labute approximate surface area is 236 Å². The van der Waals surface area contributed by atoms with Crippen molar-refractivity contribution in [1.29, 1.82) is 0 Å². The van der Waals surface area contributed by atoms with E-state index >= 15 is 0 Å². The van der Waals surface area contributed by atoms with Gasteiger partial charge in [0, 0.05) is 24.8 Å². The van der Waals surface area contributed by atoms with Crippen molar-refractivity contribution in [2.24, 2.45) is 0 Å². The Kier molecular flexibility index (Phi) is 8.78. The minimum Gasteiger partial charge on any atom is -0.494 e. The second kappa shape index (κ2) is 12.8. The molecule has 40 heavy (non-hydrogen) atoms. The number of hydrogen-bond donors (Lipinski definition) is 0. The summed E-state index contributed by atoms with van der Waals surface area (Å²) in [5.74, 6) is 0.340. The van der Waals surface area contributed by atoms with Crippen molar-refractivity contribution in [3.8, 4) is 26.9 Å². The maximum atomic E-state index is 13.0. The van der Waals surface area contributed by atoms with Crippen molar-refractivity contribution in [2.45, 2.75) is 39.5 Å². The number of fused-ring (bicyclic) bond motifs is 1. The fourth-order valence-electron chi connectivity index (χ4n) is 4.34. The van der Waals surface area contributed by atoms with Crippen LogP contribution in [0.1, 0.15) is 47.2 Å². The molecule has 0 fully saturated rings. The van der Waals surface area contributed by atoms with Gasteiger partial charge in [-0.1, -0.05) is 34.7 Å². The number of methoxy groups -OCH3 is 1. The first-order valence-electron chi connectivity index (χ1n) is 13.2. The van der Waals surface area contributed by atoms with Gasteiger partial charge in [0.25, 0.3) is 0 Å². The number of carbonyl (C=O) groups excluding carboxylic acids is 1. The number of aromatic nitrogens is 5. The number of aryl methyl sites for hydroxylation is 2. The summed E-state index contributed by atoms with van der Waals surface area (Å²) in [5, 5.41) is 18.4. The molecule has 0 amide bonds. The van der Waals surface area contributed by atoms with Crippen molar-refractivity contribution in [3.63, 3.8) is 0 Å². The average molecular weight is 558 g/mol. The van der Waals surface area contributed by atoms with Gasteiger partial charge in [0.2, 0.25) is 0 Å². The van der Waals surface area contributed by atoms with E-state index in [2.05, 4.69) is 20.5 Å². The van der Waals surface area contributed by atoms with E-state index in [1.807, 2.05) is 68.4 Å². The highest BCUT2D eigenvalue weighted by Crippen LogP contribution is 2.33. The van der Waals surface area contributed by atoms with Crippen molar-refractivity contribution in [1.82, 2.24) is 25.4 Å². The van der Waals surface area contributed by atoms with Gasteiger partial charge in [-0.05, 0) is 98.0 Å². The molecule has 10 heteroatoms. The number of benzene rings is 3. The van der Waals surface area contributed by atoms with Crippen LogP contribution in [0.5, 0.6) is 5.75 Å². The molecular weight excluding hydrogens is 526 g/mol. The minimum atomic E-state index is -0.505. The van der Waals surface area contributed by atoms with Crippen LogP contribution in [0.25, 0.3) is 32.2 Å². The number of nitrogens with zero attached hydrogens (tertiary/aromatic N) is 5. The molecule has 0 aliphatic carbocycles. The van der Waals surface area contributed by atoms with Crippen molar-refractivity contribution in [3.05, 3.63) is 77.4 Å². The molecule has 0 aliphatic heterocycles. The second-order valence-electron chi connectivity index (χ2n) is 9.50. The lowest BCUT2D eigenvalue weighted by Gasteiger charge is -2.10. The monoisotopic (exact) mass is 557 g/mol. The molecule has 0 aliphatic rings. The van der Waals surface area contributed by atoms with Crippen LogP contribution in [0.3, 0.4) is 0 Å². The van der Waals surface area contributed by atoms with Crippen LogP contribution in [-0.4, -0.2) is 51.6 Å². The maximum Gasteiger partial charge on any atom is 0.366 e. The SMILES string of the molecule is COCCCCCCOc1ccc(-c2nnc(-c3cc(C)c(C(=O)On4nnc5ccccc54)cc3C)s2)cc1. The number of hydrogen-bond acceptors (Lipinski definition) is 9. The Bertz CT molecular complexity index is 1600. The molecule has 0 saturated carbocycles. The normalized spacial score (nSPS) is 11.2. The molecule has 0 spiro atoms. The van der Waals surface area contributed by atoms with Crippen LogP contribution in [0.2, 0.25) is 0 Å². The zero-order valence-electron chi connectivity index (χ0n) is 22.8. The quantitative estimate of drug-likeness (QED) is 0.134. The number of carbonyl (C=O) groups is 1. The molecule has 206 valence electrons. The van der Waals surface area contributed by atoms with Crippen LogP contribution in [0.15, 0.2) is 60.7 Å². The van der Waals surface area contributed by atoms with Crippen LogP contribution in [-0.2, 0) is 4.74 Å². The third-order valence-electron chi connectivity index (χ3n) is 6.55. The zero-order chi connectivity index (χ0) is 27.9. The Hall–Kier alpha value is -4.15. The fraction of sp³-hybridized carbons (Fsp3) is 0.300. The van der Waals surface area contributed by atoms with Crippen molar-refractivity contribution < 1.29 is 19.1 Å². The van der Waals surface area contributed by atoms with Gasteiger partial charge in [-0.15, -0.1) is 15.3 Å². The first-order valence-corrected chi connectivity index (χ1v) is 14.1. The molecule has 5 rings (SSSR count). The highest BCUT2D eigenvalue weighted by Gasteiger charge is 2.19. The molecule has 9 nitrogen and oxygen atoms in total. The predicted molar refractivity (Wildman–Crippen MR) is 155 cm³/mol. The second-order valence-corrected chi connectivity index (χ2v) is 10.5. The zero-order valence-corrected chi connectivity index (χ0v) is 23.6. The summed E-state index contributed by atoms with van der Waals surface area (Å²) in [5.41, 5.74) is 5.30. The average Bonchev–Trinajstić information content (AvgIpc) is 3.62. The van der Waals surface area contributed by atoms with Gasteiger partial charge in [-0.25, -0.2) is 4.79 Å².